The normalized spacial score (nSPS) is 9.92. The first kappa shape index (κ1) is 8.78. The van der Waals surface area contributed by atoms with Crippen molar-refractivity contribution in [1.82, 2.24) is 5.32 Å². The number of benzene rings is 1. The number of hydrogen-bond acceptors (Lipinski definition) is 1. The molecule has 1 amide bonds. The number of carbonyl (C=O) groups is 1. The van der Waals surface area contributed by atoms with Crippen molar-refractivity contribution in [2.45, 2.75) is 19.9 Å². The molecule has 1 rings (SSSR count). The summed E-state index contributed by atoms with van der Waals surface area (Å²) in [5, 5.41) is 2.79. The topological polar surface area (TPSA) is 29.1 Å². The number of amides is 1. The largest absolute Gasteiger partial charge is 0.350 e. The maximum absolute atomic E-state index is 11.3. The fourth-order valence-electron chi connectivity index (χ4n) is 0.834. The van der Waals surface area contributed by atoms with E-state index >= 15 is 0 Å². The van der Waals surface area contributed by atoms with Gasteiger partial charge in [-0.15, -0.1) is 0 Å². The molecule has 0 saturated heterocycles. The van der Waals surface area contributed by atoms with Crippen LogP contribution in [0.5, 0.6) is 0 Å². The van der Waals surface area contributed by atoms with E-state index in [9.17, 15) is 4.79 Å². The molecule has 0 fully saturated rings. The van der Waals surface area contributed by atoms with Crippen LogP contribution in [0.1, 0.15) is 24.2 Å². The maximum Gasteiger partial charge on any atom is 0.251 e. The minimum Gasteiger partial charge on any atom is -0.350 e. The molecule has 0 heterocycles. The molecule has 12 heavy (non-hydrogen) atoms. The third-order valence-corrected chi connectivity index (χ3v) is 1.34. The molecule has 0 atom stereocenters. The Kier molecular flexibility index (Phi) is 2.86. The van der Waals surface area contributed by atoms with Gasteiger partial charge in [-0.05, 0) is 38.1 Å². The summed E-state index contributed by atoms with van der Waals surface area (Å²) in [6.07, 6.45) is 0. The molecule has 0 aromatic heterocycles. The van der Waals surface area contributed by atoms with Crippen LogP contribution in [-0.2, 0) is 0 Å². The molecule has 0 aliphatic carbocycles. The van der Waals surface area contributed by atoms with E-state index in [-0.39, 0.29) is 11.9 Å². The van der Waals surface area contributed by atoms with Gasteiger partial charge in [0.1, 0.15) is 0 Å². The summed E-state index contributed by atoms with van der Waals surface area (Å²) < 4.78 is 0. The number of rotatable bonds is 2. The van der Waals surface area contributed by atoms with Crippen molar-refractivity contribution in [2.24, 2.45) is 0 Å². The van der Waals surface area contributed by atoms with E-state index in [1.807, 2.05) is 13.8 Å². The van der Waals surface area contributed by atoms with Gasteiger partial charge >= 0.3 is 0 Å². The zero-order chi connectivity index (χ0) is 8.97. The van der Waals surface area contributed by atoms with Crippen molar-refractivity contribution in [3.63, 3.8) is 0 Å². The van der Waals surface area contributed by atoms with Gasteiger partial charge < -0.3 is 5.32 Å². The van der Waals surface area contributed by atoms with E-state index < -0.39 is 0 Å². The van der Waals surface area contributed by atoms with Gasteiger partial charge in [-0.1, -0.05) is 6.07 Å². The predicted molar refractivity (Wildman–Crippen MR) is 46.7 cm³/mol. The second-order valence-corrected chi connectivity index (χ2v) is 2.85. The SMILES string of the molecule is CC(C)NC(=O)c1c[c][c]cc1. The maximum atomic E-state index is 11.3. The first-order valence-electron chi connectivity index (χ1n) is 3.89. The van der Waals surface area contributed by atoms with Crippen LogP contribution < -0.4 is 5.32 Å². The monoisotopic (exact) mass is 161 g/mol. The van der Waals surface area contributed by atoms with Crippen LogP contribution in [0.15, 0.2) is 18.2 Å². The summed E-state index contributed by atoms with van der Waals surface area (Å²) in [7, 11) is 0. The minimum absolute atomic E-state index is 0.0600. The molecule has 1 N–H and O–H groups in total. The van der Waals surface area contributed by atoms with Gasteiger partial charge in [0.15, 0.2) is 0 Å². The first-order chi connectivity index (χ1) is 5.70. The van der Waals surface area contributed by atoms with E-state index in [2.05, 4.69) is 17.4 Å². The van der Waals surface area contributed by atoms with Crippen molar-refractivity contribution in [1.29, 1.82) is 0 Å². The lowest BCUT2D eigenvalue weighted by molar-refractivity contribution is 0.0943. The Morgan fingerprint density at radius 3 is 2.75 bits per heavy atom. The van der Waals surface area contributed by atoms with Gasteiger partial charge in [0.25, 0.3) is 5.91 Å². The average Bonchev–Trinajstić information content (AvgIpc) is 2.05. The Balaban J connectivity index is 2.66. The molecule has 0 spiro atoms. The highest BCUT2D eigenvalue weighted by molar-refractivity contribution is 5.94. The van der Waals surface area contributed by atoms with Crippen LogP contribution in [0.25, 0.3) is 0 Å². The summed E-state index contributed by atoms with van der Waals surface area (Å²) in [5.74, 6) is -0.0600. The lowest BCUT2D eigenvalue weighted by Crippen LogP contribution is -2.29. The smallest absolute Gasteiger partial charge is 0.251 e. The standard InChI is InChI=1S/C10H11NO/c1-8(2)11-10(12)9-6-4-3-5-7-9/h4,6-8H,1-2H3,(H,11,12). The van der Waals surface area contributed by atoms with E-state index in [0.717, 1.165) is 0 Å². The third kappa shape index (κ3) is 2.38. The molecule has 2 heteroatoms. The average molecular weight is 161 g/mol. The molecule has 0 bridgehead atoms. The summed E-state index contributed by atoms with van der Waals surface area (Å²) in [4.78, 5) is 11.3. The highest BCUT2D eigenvalue weighted by atomic mass is 16.1. The Labute approximate surface area is 72.6 Å². The zero-order valence-corrected chi connectivity index (χ0v) is 7.22. The van der Waals surface area contributed by atoms with Crippen LogP contribution in [0, 0.1) is 12.1 Å². The van der Waals surface area contributed by atoms with Gasteiger partial charge in [0, 0.05) is 11.6 Å². The first-order valence-corrected chi connectivity index (χ1v) is 3.89. The van der Waals surface area contributed by atoms with Gasteiger partial charge in [0.2, 0.25) is 0 Å². The molecular weight excluding hydrogens is 150 g/mol. The summed E-state index contributed by atoms with van der Waals surface area (Å²) in [6.45, 7) is 3.85. The van der Waals surface area contributed by atoms with Gasteiger partial charge in [-0.3, -0.25) is 4.79 Å². The molecule has 62 valence electrons. The van der Waals surface area contributed by atoms with Gasteiger partial charge in [0.05, 0.1) is 0 Å². The molecule has 0 aliphatic rings. The van der Waals surface area contributed by atoms with Crippen molar-refractivity contribution < 1.29 is 4.79 Å². The highest BCUT2D eigenvalue weighted by Crippen LogP contribution is 1.97. The molecule has 0 saturated carbocycles. The molecular formula is C10H11NO. The van der Waals surface area contributed by atoms with Crippen molar-refractivity contribution >= 4 is 5.91 Å². The summed E-state index contributed by atoms with van der Waals surface area (Å²) in [6, 6.07) is 10.6. The van der Waals surface area contributed by atoms with Crippen LogP contribution in [-0.4, -0.2) is 11.9 Å². The van der Waals surface area contributed by atoms with Crippen LogP contribution >= 0.6 is 0 Å². The number of nitrogens with one attached hydrogen (secondary N) is 1. The molecule has 0 aliphatic heterocycles. The molecule has 1 aromatic rings. The van der Waals surface area contributed by atoms with Crippen LogP contribution in [0.4, 0.5) is 0 Å². The van der Waals surface area contributed by atoms with E-state index in [0.29, 0.717) is 5.56 Å². The molecule has 2 nitrogen and oxygen atoms in total. The van der Waals surface area contributed by atoms with E-state index in [1.54, 1.807) is 18.2 Å². The second-order valence-electron chi connectivity index (χ2n) is 2.85. The Morgan fingerprint density at radius 1 is 1.50 bits per heavy atom. The fourth-order valence-corrected chi connectivity index (χ4v) is 0.834. The lowest BCUT2D eigenvalue weighted by atomic mass is 10.2. The fraction of sp³-hybridized carbons (Fsp3) is 0.300. The quantitative estimate of drug-likeness (QED) is 0.698. The van der Waals surface area contributed by atoms with Gasteiger partial charge in [-0.2, -0.15) is 0 Å². The minimum atomic E-state index is -0.0600. The molecule has 2 radical (unpaired) electrons. The Hall–Kier alpha value is -1.31. The highest BCUT2D eigenvalue weighted by Gasteiger charge is 2.04. The van der Waals surface area contributed by atoms with Crippen LogP contribution in [0.3, 0.4) is 0 Å². The Bertz CT molecular complexity index is 254. The van der Waals surface area contributed by atoms with Crippen molar-refractivity contribution in [3.8, 4) is 0 Å². The third-order valence-electron chi connectivity index (χ3n) is 1.34. The van der Waals surface area contributed by atoms with Crippen LogP contribution in [0.2, 0.25) is 0 Å². The van der Waals surface area contributed by atoms with E-state index in [1.165, 1.54) is 0 Å². The lowest BCUT2D eigenvalue weighted by Gasteiger charge is -2.07. The number of hydrogen-bond donors (Lipinski definition) is 1. The van der Waals surface area contributed by atoms with Crippen molar-refractivity contribution in [2.75, 3.05) is 0 Å². The molecule has 1 aromatic carbocycles. The Morgan fingerprint density at radius 2 is 2.25 bits per heavy atom. The zero-order valence-electron chi connectivity index (χ0n) is 7.22. The van der Waals surface area contributed by atoms with Gasteiger partial charge in [-0.25, -0.2) is 0 Å². The predicted octanol–water partition coefficient (Wildman–Crippen LogP) is 1.43. The summed E-state index contributed by atoms with van der Waals surface area (Å²) >= 11 is 0. The molecule has 0 unspecified atom stereocenters. The summed E-state index contributed by atoms with van der Waals surface area (Å²) in [5.41, 5.74) is 0.627. The van der Waals surface area contributed by atoms with E-state index in [4.69, 9.17) is 0 Å². The number of carbonyl (C=O) groups excluding carboxylic acids is 1. The van der Waals surface area contributed by atoms with Crippen molar-refractivity contribution in [3.05, 3.63) is 35.9 Å². The second kappa shape index (κ2) is 3.90.